The summed E-state index contributed by atoms with van der Waals surface area (Å²) in [6, 6.07) is 20.9. The molecule has 0 fully saturated rings. The number of nitrogens with one attached hydrogen (secondary N) is 2. The highest BCUT2D eigenvalue weighted by Gasteiger charge is 2.14. The van der Waals surface area contributed by atoms with Gasteiger partial charge in [-0.3, -0.25) is 0 Å². The fourth-order valence-corrected chi connectivity index (χ4v) is 3.72. The minimum atomic E-state index is 0.367. The number of hydrogen-bond donors (Lipinski definition) is 2. The number of benzene rings is 3. The summed E-state index contributed by atoms with van der Waals surface area (Å²) >= 11 is 17.5. The molecule has 0 aliphatic carbocycles. The second-order valence-corrected chi connectivity index (χ2v) is 8.07. The molecule has 0 aliphatic rings. The number of hydrogen-bond acceptors (Lipinski definition) is 5. The van der Waals surface area contributed by atoms with E-state index in [0.717, 1.165) is 22.4 Å². The van der Waals surface area contributed by atoms with Crippen LogP contribution in [0.15, 0.2) is 66.7 Å². The standard InChI is InChI=1S/C23H20Cl2N4O2S/c1-30-21-9-5-3-7-17(21)22-27-28-23(32)29(22)26-13-16-6-2-4-8-20(16)31-14-15-10-11-18(24)19(25)12-15/h2-12,26H,13-14H2,1H3,(H,28,32). The normalized spacial score (nSPS) is 10.7. The van der Waals surface area contributed by atoms with Crippen LogP contribution in [0.25, 0.3) is 11.4 Å². The minimum Gasteiger partial charge on any atom is -0.496 e. The van der Waals surface area contributed by atoms with Gasteiger partial charge in [0.1, 0.15) is 18.1 Å². The van der Waals surface area contributed by atoms with Crippen molar-refractivity contribution in [1.82, 2.24) is 14.9 Å². The van der Waals surface area contributed by atoms with Gasteiger partial charge < -0.3 is 14.9 Å². The second-order valence-electron chi connectivity index (χ2n) is 6.87. The van der Waals surface area contributed by atoms with Gasteiger partial charge in [0.15, 0.2) is 5.82 Å². The second kappa shape index (κ2) is 10.1. The topological polar surface area (TPSA) is 64.1 Å². The Kier molecular flexibility index (Phi) is 6.99. The molecule has 0 unspecified atom stereocenters. The Labute approximate surface area is 200 Å². The average molecular weight is 487 g/mol. The molecule has 3 aromatic carbocycles. The summed E-state index contributed by atoms with van der Waals surface area (Å²) in [6.45, 7) is 0.832. The van der Waals surface area contributed by atoms with Crippen molar-refractivity contribution in [3.63, 3.8) is 0 Å². The lowest BCUT2D eigenvalue weighted by Crippen LogP contribution is -2.16. The molecule has 164 valence electrons. The quantitative estimate of drug-likeness (QED) is 0.288. The maximum atomic E-state index is 6.11. The lowest BCUT2D eigenvalue weighted by Gasteiger charge is -2.15. The molecule has 0 aliphatic heterocycles. The molecule has 2 N–H and O–H groups in total. The van der Waals surface area contributed by atoms with Crippen molar-refractivity contribution in [3.05, 3.63) is 92.7 Å². The van der Waals surface area contributed by atoms with Crippen molar-refractivity contribution < 1.29 is 9.47 Å². The van der Waals surface area contributed by atoms with Gasteiger partial charge in [0.25, 0.3) is 0 Å². The first-order chi connectivity index (χ1) is 15.6. The number of halogens is 2. The van der Waals surface area contributed by atoms with Gasteiger partial charge >= 0.3 is 0 Å². The van der Waals surface area contributed by atoms with Gasteiger partial charge in [-0.2, -0.15) is 5.10 Å². The van der Waals surface area contributed by atoms with Crippen molar-refractivity contribution in [1.29, 1.82) is 0 Å². The number of aromatic nitrogens is 3. The van der Waals surface area contributed by atoms with E-state index in [9.17, 15) is 0 Å². The summed E-state index contributed by atoms with van der Waals surface area (Å²) in [5.74, 6) is 2.08. The van der Waals surface area contributed by atoms with Crippen LogP contribution >= 0.6 is 35.4 Å². The van der Waals surface area contributed by atoms with Gasteiger partial charge in [0, 0.05) is 5.56 Å². The molecule has 0 amide bonds. The monoisotopic (exact) mass is 486 g/mol. The zero-order chi connectivity index (χ0) is 22.5. The molecule has 0 saturated heterocycles. The molecular weight excluding hydrogens is 467 g/mol. The van der Waals surface area contributed by atoms with Crippen molar-refractivity contribution >= 4 is 35.4 Å². The Hall–Kier alpha value is -3.00. The number of nitrogens with zero attached hydrogens (tertiary/aromatic N) is 2. The Balaban J connectivity index is 1.52. The third-order valence-electron chi connectivity index (χ3n) is 4.80. The molecule has 0 atom stereocenters. The summed E-state index contributed by atoms with van der Waals surface area (Å²) in [7, 11) is 1.62. The fourth-order valence-electron chi connectivity index (χ4n) is 3.20. The molecule has 1 heterocycles. The third-order valence-corrected chi connectivity index (χ3v) is 5.81. The van der Waals surface area contributed by atoms with Gasteiger partial charge in [-0.25, -0.2) is 9.77 Å². The Morgan fingerprint density at radius 2 is 1.75 bits per heavy atom. The zero-order valence-corrected chi connectivity index (χ0v) is 19.5. The first-order valence-corrected chi connectivity index (χ1v) is 10.9. The molecule has 32 heavy (non-hydrogen) atoms. The van der Waals surface area contributed by atoms with Gasteiger partial charge in [-0.1, -0.05) is 59.6 Å². The van der Waals surface area contributed by atoms with Crippen LogP contribution in [0.1, 0.15) is 11.1 Å². The zero-order valence-electron chi connectivity index (χ0n) is 17.1. The Morgan fingerprint density at radius 3 is 2.53 bits per heavy atom. The number of H-pyrrole nitrogens is 1. The van der Waals surface area contributed by atoms with E-state index in [1.165, 1.54) is 0 Å². The Morgan fingerprint density at radius 1 is 1.00 bits per heavy atom. The lowest BCUT2D eigenvalue weighted by molar-refractivity contribution is 0.303. The van der Waals surface area contributed by atoms with E-state index < -0.39 is 0 Å². The summed E-state index contributed by atoms with van der Waals surface area (Å²) in [4.78, 5) is 0. The molecule has 9 heteroatoms. The highest BCUT2D eigenvalue weighted by atomic mass is 35.5. The molecule has 0 radical (unpaired) electrons. The van der Waals surface area contributed by atoms with Crippen LogP contribution in [-0.4, -0.2) is 22.0 Å². The van der Waals surface area contributed by atoms with Crippen LogP contribution in [0.3, 0.4) is 0 Å². The number of ether oxygens (including phenoxy) is 2. The number of aromatic amines is 1. The van der Waals surface area contributed by atoms with Crippen LogP contribution in [0.2, 0.25) is 10.0 Å². The highest BCUT2D eigenvalue weighted by Crippen LogP contribution is 2.28. The SMILES string of the molecule is COc1ccccc1-c1n[nH]c(=S)n1NCc1ccccc1OCc1ccc(Cl)c(Cl)c1. The largest absolute Gasteiger partial charge is 0.496 e. The molecular formula is C23H20Cl2N4O2S. The summed E-state index contributed by atoms with van der Waals surface area (Å²) < 4.78 is 13.7. The van der Waals surface area contributed by atoms with Gasteiger partial charge in [-0.05, 0) is 48.1 Å². The molecule has 4 aromatic rings. The third kappa shape index (κ3) is 4.91. The first-order valence-electron chi connectivity index (χ1n) is 9.76. The lowest BCUT2D eigenvalue weighted by atomic mass is 10.2. The van der Waals surface area contributed by atoms with E-state index >= 15 is 0 Å². The number of para-hydroxylation sites is 2. The molecule has 0 saturated carbocycles. The summed E-state index contributed by atoms with van der Waals surface area (Å²) in [6.07, 6.45) is 0. The average Bonchev–Trinajstić information content (AvgIpc) is 3.19. The van der Waals surface area contributed by atoms with Crippen molar-refractivity contribution in [3.8, 4) is 22.9 Å². The summed E-state index contributed by atoms with van der Waals surface area (Å²) in [5, 5.41) is 8.22. The molecule has 0 bridgehead atoms. The van der Waals surface area contributed by atoms with Gasteiger partial charge in [0.2, 0.25) is 4.77 Å². The number of methoxy groups -OCH3 is 1. The summed E-state index contributed by atoms with van der Waals surface area (Å²) in [5.41, 5.74) is 6.03. The molecule has 0 spiro atoms. The van der Waals surface area contributed by atoms with E-state index in [2.05, 4.69) is 15.6 Å². The predicted molar refractivity (Wildman–Crippen MR) is 130 cm³/mol. The van der Waals surface area contributed by atoms with Crippen LogP contribution in [-0.2, 0) is 13.2 Å². The Bertz CT molecular complexity index is 1290. The van der Waals surface area contributed by atoms with Gasteiger partial charge in [-0.15, -0.1) is 0 Å². The number of rotatable bonds is 8. The molecule has 6 nitrogen and oxygen atoms in total. The van der Waals surface area contributed by atoms with Gasteiger partial charge in [0.05, 0.1) is 29.3 Å². The smallest absolute Gasteiger partial charge is 0.214 e. The maximum absolute atomic E-state index is 6.11. The first kappa shape index (κ1) is 22.2. The van der Waals surface area contributed by atoms with E-state index in [0.29, 0.717) is 39.5 Å². The molecule has 1 aromatic heterocycles. The van der Waals surface area contributed by atoms with E-state index in [1.54, 1.807) is 23.9 Å². The van der Waals surface area contributed by atoms with Crippen LogP contribution in [0, 0.1) is 4.77 Å². The van der Waals surface area contributed by atoms with Crippen molar-refractivity contribution in [2.24, 2.45) is 0 Å². The molecule has 4 rings (SSSR count). The highest BCUT2D eigenvalue weighted by molar-refractivity contribution is 7.71. The van der Waals surface area contributed by atoms with E-state index in [4.69, 9.17) is 44.9 Å². The van der Waals surface area contributed by atoms with E-state index in [-0.39, 0.29) is 0 Å². The minimum absolute atomic E-state index is 0.367. The van der Waals surface area contributed by atoms with Crippen molar-refractivity contribution in [2.45, 2.75) is 13.2 Å². The predicted octanol–water partition coefficient (Wildman–Crippen LogP) is 6.25. The van der Waals surface area contributed by atoms with Crippen LogP contribution < -0.4 is 14.9 Å². The van der Waals surface area contributed by atoms with Crippen LogP contribution in [0.4, 0.5) is 0 Å². The van der Waals surface area contributed by atoms with Crippen molar-refractivity contribution in [2.75, 3.05) is 12.5 Å². The van der Waals surface area contributed by atoms with Crippen LogP contribution in [0.5, 0.6) is 11.5 Å². The fraction of sp³-hybridized carbons (Fsp3) is 0.130. The maximum Gasteiger partial charge on any atom is 0.214 e. The van der Waals surface area contributed by atoms with E-state index in [1.807, 2.05) is 54.6 Å².